The van der Waals surface area contributed by atoms with Crippen LogP contribution in [-0.2, 0) is 16.6 Å². The van der Waals surface area contributed by atoms with Crippen LogP contribution in [0.5, 0.6) is 17.4 Å². The van der Waals surface area contributed by atoms with E-state index < -0.39 is 17.7 Å². The molecule has 1 aromatic carbocycles. The minimum atomic E-state index is -0.851. The van der Waals surface area contributed by atoms with Gasteiger partial charge in [-0.3, -0.25) is 0 Å². The normalized spacial score (nSPS) is 12.6. The van der Waals surface area contributed by atoms with Crippen LogP contribution in [0.15, 0.2) is 12.1 Å². The van der Waals surface area contributed by atoms with E-state index in [0.29, 0.717) is 16.7 Å². The van der Waals surface area contributed by atoms with Gasteiger partial charge in [-0.2, -0.15) is 5.10 Å². The van der Waals surface area contributed by atoms with Crippen LogP contribution in [0.4, 0.5) is 0 Å². The van der Waals surface area contributed by atoms with Gasteiger partial charge < -0.3 is 14.2 Å². The van der Waals surface area contributed by atoms with Crippen molar-refractivity contribution in [1.29, 1.82) is 0 Å². The Kier molecular flexibility index (Phi) is 6.32. The van der Waals surface area contributed by atoms with Gasteiger partial charge >= 0.3 is 5.97 Å². The minimum absolute atomic E-state index is 0.265. The zero-order valence-corrected chi connectivity index (χ0v) is 18.0. The van der Waals surface area contributed by atoms with E-state index in [1.807, 2.05) is 13.8 Å². The number of aryl methyl sites for hydroxylation is 2. The number of rotatable bonds is 5. The second-order valence-corrected chi connectivity index (χ2v) is 8.06. The van der Waals surface area contributed by atoms with Crippen molar-refractivity contribution in [2.45, 2.75) is 53.2 Å². The van der Waals surface area contributed by atoms with Crippen molar-refractivity contribution < 1.29 is 19.0 Å². The second-order valence-electron chi connectivity index (χ2n) is 7.25. The molecule has 0 amide bonds. The van der Waals surface area contributed by atoms with Crippen molar-refractivity contribution >= 4 is 29.2 Å². The van der Waals surface area contributed by atoms with E-state index in [0.717, 1.165) is 11.3 Å². The maximum atomic E-state index is 12.2. The van der Waals surface area contributed by atoms with E-state index in [4.69, 9.17) is 37.4 Å². The number of ether oxygens (including phenoxy) is 3. The Morgan fingerprint density at radius 1 is 1.15 bits per heavy atom. The van der Waals surface area contributed by atoms with Crippen LogP contribution in [0, 0.1) is 13.8 Å². The van der Waals surface area contributed by atoms with Crippen LogP contribution >= 0.6 is 23.2 Å². The van der Waals surface area contributed by atoms with Gasteiger partial charge in [0.25, 0.3) is 0 Å². The molecule has 0 N–H and O–H groups in total. The quantitative estimate of drug-likeness (QED) is 0.625. The molecule has 27 heavy (non-hydrogen) atoms. The van der Waals surface area contributed by atoms with Crippen molar-refractivity contribution in [1.82, 2.24) is 9.78 Å². The molecule has 2 aromatic rings. The summed E-state index contributed by atoms with van der Waals surface area (Å²) in [6, 6.07) is 3.06. The Hall–Kier alpha value is -1.92. The lowest BCUT2D eigenvalue weighted by Gasteiger charge is -2.23. The number of benzene rings is 1. The van der Waals surface area contributed by atoms with Gasteiger partial charge in [0.2, 0.25) is 5.88 Å². The third-order valence-corrected chi connectivity index (χ3v) is 4.28. The number of aromatic nitrogens is 2. The fourth-order valence-electron chi connectivity index (χ4n) is 2.29. The summed E-state index contributed by atoms with van der Waals surface area (Å²) in [6.07, 6.45) is -0.851. The fraction of sp³-hybridized carbons (Fsp3) is 0.474. The first-order chi connectivity index (χ1) is 12.4. The molecule has 0 unspecified atom stereocenters. The van der Waals surface area contributed by atoms with Gasteiger partial charge in [-0.1, -0.05) is 23.2 Å². The van der Waals surface area contributed by atoms with E-state index in [9.17, 15) is 4.79 Å². The largest absolute Gasteiger partial charge is 0.477 e. The molecule has 2 rings (SSSR count). The number of nitrogens with zero attached hydrogens (tertiary/aromatic N) is 2. The molecule has 0 radical (unpaired) electrons. The molecule has 0 saturated heterocycles. The van der Waals surface area contributed by atoms with Gasteiger partial charge in [0, 0.05) is 18.7 Å². The Morgan fingerprint density at radius 2 is 1.74 bits per heavy atom. The molecule has 1 atom stereocenters. The molecule has 0 saturated carbocycles. The van der Waals surface area contributed by atoms with E-state index in [1.54, 1.807) is 45.5 Å². The first kappa shape index (κ1) is 21.4. The lowest BCUT2D eigenvalue weighted by Crippen LogP contribution is -2.33. The van der Waals surface area contributed by atoms with Gasteiger partial charge in [-0.05, 0) is 47.6 Å². The number of hydrogen-bond donors (Lipinski definition) is 0. The monoisotopic (exact) mass is 414 g/mol. The van der Waals surface area contributed by atoms with E-state index in [-0.39, 0.29) is 10.8 Å². The molecule has 0 spiro atoms. The third-order valence-electron chi connectivity index (χ3n) is 3.69. The predicted octanol–water partition coefficient (Wildman–Crippen LogP) is 5.25. The molecule has 8 heteroatoms. The Morgan fingerprint density at radius 3 is 2.26 bits per heavy atom. The van der Waals surface area contributed by atoms with Crippen molar-refractivity contribution in [2.75, 3.05) is 0 Å². The van der Waals surface area contributed by atoms with Gasteiger partial charge in [-0.15, -0.1) is 0 Å². The van der Waals surface area contributed by atoms with Crippen LogP contribution in [0.1, 0.15) is 39.0 Å². The summed E-state index contributed by atoms with van der Waals surface area (Å²) in [5.41, 5.74) is 1.14. The summed E-state index contributed by atoms with van der Waals surface area (Å²) in [7, 11) is 1.78. The topological polar surface area (TPSA) is 62.6 Å². The highest BCUT2D eigenvalue weighted by atomic mass is 35.5. The van der Waals surface area contributed by atoms with Gasteiger partial charge in [-0.25, -0.2) is 9.48 Å². The molecule has 0 bridgehead atoms. The average molecular weight is 415 g/mol. The van der Waals surface area contributed by atoms with Crippen LogP contribution in [-0.4, -0.2) is 27.5 Å². The molecular formula is C19H24Cl2N2O4. The van der Waals surface area contributed by atoms with Crippen LogP contribution in [0.3, 0.4) is 0 Å². The van der Waals surface area contributed by atoms with Crippen LogP contribution in [0.25, 0.3) is 0 Å². The average Bonchev–Trinajstić information content (AvgIpc) is 2.76. The summed E-state index contributed by atoms with van der Waals surface area (Å²) in [4.78, 5) is 12.2. The Labute approximate surface area is 169 Å². The van der Waals surface area contributed by atoms with Crippen LogP contribution < -0.4 is 9.47 Å². The predicted molar refractivity (Wildman–Crippen MR) is 105 cm³/mol. The van der Waals surface area contributed by atoms with Gasteiger partial charge in [0.05, 0.1) is 15.7 Å². The number of carbonyl (C=O) groups is 1. The molecule has 6 nitrogen and oxygen atoms in total. The van der Waals surface area contributed by atoms with Crippen molar-refractivity contribution in [2.24, 2.45) is 7.05 Å². The first-order valence-corrected chi connectivity index (χ1v) is 9.21. The molecule has 1 aromatic heterocycles. The number of carbonyl (C=O) groups excluding carboxylic acids is 1. The van der Waals surface area contributed by atoms with Crippen molar-refractivity contribution in [3.63, 3.8) is 0 Å². The lowest BCUT2D eigenvalue weighted by molar-refractivity contribution is -0.162. The highest BCUT2D eigenvalue weighted by Crippen LogP contribution is 2.39. The first-order valence-electron chi connectivity index (χ1n) is 8.45. The smallest absolute Gasteiger partial charge is 0.347 e. The summed E-state index contributed by atoms with van der Waals surface area (Å²) >= 11 is 12.5. The fourth-order valence-corrected chi connectivity index (χ4v) is 2.76. The minimum Gasteiger partial charge on any atom is -0.477 e. The maximum Gasteiger partial charge on any atom is 0.347 e. The van der Waals surface area contributed by atoms with Crippen molar-refractivity contribution in [3.05, 3.63) is 33.4 Å². The SMILES string of the molecule is Cc1nn(C)c(Oc2cc(O[C@@H](C)C(=O)OC(C)(C)C)c(Cl)cc2Cl)c1C. The van der Waals surface area contributed by atoms with Crippen LogP contribution in [0.2, 0.25) is 10.0 Å². The highest BCUT2D eigenvalue weighted by molar-refractivity contribution is 6.36. The number of esters is 1. The molecule has 1 heterocycles. The standard InChI is InChI=1S/C19H24Cl2N2O4/c1-10-11(2)22-23(7)17(10)26-16-9-15(13(20)8-14(16)21)25-12(3)18(24)27-19(4,5)6/h8-9,12H,1-7H3/t12-/m0/s1. The third kappa shape index (κ3) is 5.30. The van der Waals surface area contributed by atoms with Gasteiger partial charge in [0.1, 0.15) is 11.4 Å². The van der Waals surface area contributed by atoms with E-state index >= 15 is 0 Å². The zero-order chi connectivity index (χ0) is 20.5. The number of halogens is 2. The summed E-state index contributed by atoms with van der Waals surface area (Å²) in [6.45, 7) is 10.8. The Balaban J connectivity index is 2.26. The Bertz CT molecular complexity index is 856. The summed E-state index contributed by atoms with van der Waals surface area (Å²) in [5.74, 6) is 0.682. The van der Waals surface area contributed by atoms with E-state index in [1.165, 1.54) is 6.07 Å². The maximum absolute atomic E-state index is 12.2. The summed E-state index contributed by atoms with van der Waals surface area (Å²) in [5, 5.41) is 4.89. The van der Waals surface area contributed by atoms with Gasteiger partial charge in [0.15, 0.2) is 11.9 Å². The zero-order valence-electron chi connectivity index (χ0n) is 16.5. The molecular weight excluding hydrogens is 391 g/mol. The number of hydrogen-bond acceptors (Lipinski definition) is 5. The summed E-state index contributed by atoms with van der Waals surface area (Å²) < 4.78 is 18.6. The molecule has 148 valence electrons. The molecule has 0 fully saturated rings. The highest BCUT2D eigenvalue weighted by Gasteiger charge is 2.24. The van der Waals surface area contributed by atoms with E-state index in [2.05, 4.69) is 5.10 Å². The molecule has 0 aliphatic rings. The second kappa shape index (κ2) is 7.98. The van der Waals surface area contributed by atoms with Crippen molar-refractivity contribution in [3.8, 4) is 17.4 Å². The molecule has 0 aliphatic heterocycles. The molecule has 0 aliphatic carbocycles. The lowest BCUT2D eigenvalue weighted by atomic mass is 10.2.